The minimum Gasteiger partial charge on any atom is -0.497 e. The third-order valence-electron chi connectivity index (χ3n) is 5.29. The van der Waals surface area contributed by atoms with Crippen molar-refractivity contribution in [1.82, 2.24) is 4.90 Å². The van der Waals surface area contributed by atoms with Crippen LogP contribution in [-0.4, -0.2) is 37.2 Å². The predicted octanol–water partition coefficient (Wildman–Crippen LogP) is 5.17. The summed E-state index contributed by atoms with van der Waals surface area (Å²) >= 11 is 0. The van der Waals surface area contributed by atoms with Gasteiger partial charge in [0.05, 0.1) is 7.11 Å². The first-order valence-corrected chi connectivity index (χ1v) is 10.5. The number of ether oxygens (including phenoxy) is 1. The highest BCUT2D eigenvalue weighted by Gasteiger charge is 2.26. The van der Waals surface area contributed by atoms with Gasteiger partial charge in [0.1, 0.15) is 5.75 Å². The average molecular weight is 431 g/mol. The van der Waals surface area contributed by atoms with Crippen molar-refractivity contribution >= 4 is 29.1 Å². The molecule has 0 bridgehead atoms. The molecule has 0 unspecified atom stereocenters. The smallest absolute Gasteiger partial charge is 0.324 e. The van der Waals surface area contributed by atoms with Crippen LogP contribution in [0.2, 0.25) is 0 Å². The zero-order valence-corrected chi connectivity index (χ0v) is 18.0. The van der Waals surface area contributed by atoms with Gasteiger partial charge >= 0.3 is 12.1 Å². The van der Waals surface area contributed by atoms with Gasteiger partial charge in [-0.3, -0.25) is 4.90 Å². The van der Waals surface area contributed by atoms with Gasteiger partial charge in [0, 0.05) is 42.8 Å². The van der Waals surface area contributed by atoms with Crippen molar-refractivity contribution in [3.63, 3.8) is 0 Å². The molecule has 1 heterocycles. The van der Waals surface area contributed by atoms with Gasteiger partial charge in [0.25, 0.3) is 0 Å². The van der Waals surface area contributed by atoms with E-state index in [4.69, 9.17) is 4.74 Å². The Balaban J connectivity index is 1.37. The highest BCUT2D eigenvalue weighted by Crippen LogP contribution is 2.24. The molecule has 0 radical (unpaired) electrons. The number of methoxy groups -OCH3 is 1. The normalized spacial score (nSPS) is 13.6. The molecule has 1 aliphatic rings. The number of hydrogen-bond acceptors (Lipinski definition) is 3. The Morgan fingerprint density at radius 1 is 0.906 bits per heavy atom. The van der Waals surface area contributed by atoms with Crippen LogP contribution in [-0.2, 0) is 6.54 Å². The maximum atomic E-state index is 13.0. The topological polar surface area (TPSA) is 73.9 Å². The van der Waals surface area contributed by atoms with Crippen LogP contribution in [0.1, 0.15) is 12.0 Å². The number of urea groups is 2. The first kappa shape index (κ1) is 21.2. The van der Waals surface area contributed by atoms with Crippen molar-refractivity contribution in [2.24, 2.45) is 0 Å². The lowest BCUT2D eigenvalue weighted by atomic mass is 10.2. The molecule has 4 rings (SSSR count). The second kappa shape index (κ2) is 9.87. The van der Waals surface area contributed by atoms with Crippen molar-refractivity contribution in [2.45, 2.75) is 13.0 Å². The fourth-order valence-electron chi connectivity index (χ4n) is 3.69. The maximum absolute atomic E-state index is 13.0. The summed E-state index contributed by atoms with van der Waals surface area (Å²) in [5.41, 5.74) is 3.20. The molecule has 0 atom stereocenters. The van der Waals surface area contributed by atoms with E-state index in [-0.39, 0.29) is 12.1 Å². The molecular weight excluding hydrogens is 404 g/mol. The number of anilines is 3. The summed E-state index contributed by atoms with van der Waals surface area (Å²) in [6, 6.07) is 24.1. The van der Waals surface area contributed by atoms with Gasteiger partial charge in [-0.1, -0.05) is 36.4 Å². The van der Waals surface area contributed by atoms with Crippen LogP contribution in [0.3, 0.4) is 0 Å². The van der Waals surface area contributed by atoms with Gasteiger partial charge < -0.3 is 20.3 Å². The van der Waals surface area contributed by atoms with E-state index >= 15 is 0 Å². The van der Waals surface area contributed by atoms with E-state index in [1.807, 2.05) is 53.4 Å². The zero-order chi connectivity index (χ0) is 22.3. The van der Waals surface area contributed by atoms with Crippen molar-refractivity contribution in [3.05, 3.63) is 84.4 Å². The average Bonchev–Trinajstić information content (AvgIpc) is 2.82. The molecule has 7 nitrogen and oxygen atoms in total. The second-order valence-corrected chi connectivity index (χ2v) is 7.55. The molecule has 4 amide bonds. The second-order valence-electron chi connectivity index (χ2n) is 7.55. The molecular formula is C25H26N4O3. The molecule has 32 heavy (non-hydrogen) atoms. The molecule has 1 fully saturated rings. The predicted molar refractivity (Wildman–Crippen MR) is 126 cm³/mol. The van der Waals surface area contributed by atoms with Gasteiger partial charge in [0.2, 0.25) is 0 Å². The largest absolute Gasteiger partial charge is 0.497 e. The molecule has 7 heteroatoms. The van der Waals surface area contributed by atoms with E-state index in [1.54, 1.807) is 42.3 Å². The number of carbonyl (C=O) groups is 2. The number of nitrogens with zero attached hydrogens (tertiary/aromatic N) is 2. The fraction of sp³-hybridized carbons (Fsp3) is 0.200. The first-order chi connectivity index (χ1) is 15.6. The Hall–Kier alpha value is -4.00. The van der Waals surface area contributed by atoms with Crippen LogP contribution in [0.4, 0.5) is 26.7 Å². The number of hydrogen-bond donors (Lipinski definition) is 2. The van der Waals surface area contributed by atoms with Crippen LogP contribution in [0.5, 0.6) is 5.75 Å². The molecule has 0 spiro atoms. The van der Waals surface area contributed by atoms with Crippen molar-refractivity contribution in [1.29, 1.82) is 0 Å². The summed E-state index contributed by atoms with van der Waals surface area (Å²) in [7, 11) is 1.58. The molecule has 0 saturated carbocycles. The number of amides is 4. The van der Waals surface area contributed by atoms with E-state index in [1.165, 1.54) is 0 Å². The molecule has 2 N–H and O–H groups in total. The summed E-state index contributed by atoms with van der Waals surface area (Å²) in [4.78, 5) is 29.0. The molecule has 1 aliphatic heterocycles. The minimum atomic E-state index is -0.353. The highest BCUT2D eigenvalue weighted by atomic mass is 16.5. The Bertz CT molecular complexity index is 1070. The Labute approximate surface area is 187 Å². The van der Waals surface area contributed by atoms with Gasteiger partial charge in [0.15, 0.2) is 0 Å². The lowest BCUT2D eigenvalue weighted by Gasteiger charge is -2.35. The molecule has 3 aromatic carbocycles. The summed E-state index contributed by atoms with van der Waals surface area (Å²) in [5.74, 6) is 0.666. The highest BCUT2D eigenvalue weighted by molar-refractivity contribution is 6.00. The van der Waals surface area contributed by atoms with Gasteiger partial charge in [-0.15, -0.1) is 0 Å². The summed E-state index contributed by atoms with van der Waals surface area (Å²) in [5, 5.41) is 5.58. The lowest BCUT2D eigenvalue weighted by Crippen LogP contribution is -2.49. The molecule has 0 aromatic heterocycles. The van der Waals surface area contributed by atoms with E-state index in [0.717, 1.165) is 24.2 Å². The van der Waals surface area contributed by atoms with Crippen LogP contribution in [0, 0.1) is 0 Å². The summed E-state index contributed by atoms with van der Waals surface area (Å²) in [6.07, 6.45) is 0.904. The zero-order valence-electron chi connectivity index (χ0n) is 18.0. The van der Waals surface area contributed by atoms with Crippen LogP contribution >= 0.6 is 0 Å². The first-order valence-electron chi connectivity index (χ1n) is 10.5. The Morgan fingerprint density at radius 3 is 2.41 bits per heavy atom. The number of carbonyl (C=O) groups excluding carboxylic acids is 2. The fourth-order valence-corrected chi connectivity index (χ4v) is 3.69. The van der Waals surface area contributed by atoms with Crippen LogP contribution in [0.15, 0.2) is 78.9 Å². The van der Waals surface area contributed by atoms with Crippen molar-refractivity contribution in [2.75, 3.05) is 35.7 Å². The monoisotopic (exact) mass is 430 g/mol. The van der Waals surface area contributed by atoms with E-state index < -0.39 is 0 Å². The molecule has 164 valence electrons. The third-order valence-corrected chi connectivity index (χ3v) is 5.29. The summed E-state index contributed by atoms with van der Waals surface area (Å²) < 4.78 is 5.17. The van der Waals surface area contributed by atoms with Gasteiger partial charge in [-0.05, 0) is 48.4 Å². The lowest BCUT2D eigenvalue weighted by molar-refractivity contribution is 0.192. The van der Waals surface area contributed by atoms with Crippen molar-refractivity contribution < 1.29 is 14.3 Å². The van der Waals surface area contributed by atoms with Gasteiger partial charge in [-0.25, -0.2) is 9.59 Å². The maximum Gasteiger partial charge on any atom is 0.324 e. The van der Waals surface area contributed by atoms with Crippen molar-refractivity contribution in [3.8, 4) is 5.75 Å². The molecule has 3 aromatic rings. The third kappa shape index (κ3) is 5.18. The van der Waals surface area contributed by atoms with Crippen LogP contribution < -0.4 is 20.3 Å². The SMILES string of the molecule is COc1cccc(NC(=O)Nc2ccc(N3CCCN(Cc4ccccc4)C3=O)cc2)c1. The van der Waals surface area contributed by atoms with E-state index in [2.05, 4.69) is 10.6 Å². The molecule has 1 saturated heterocycles. The molecule has 0 aliphatic carbocycles. The standard InChI is InChI=1S/C25H26N4O3/c1-32-23-10-5-9-21(17-23)27-24(30)26-20-11-13-22(14-12-20)29-16-6-15-28(25(29)31)18-19-7-3-2-4-8-19/h2-5,7-14,17H,6,15-16,18H2,1H3,(H2,26,27,30). The Morgan fingerprint density at radius 2 is 1.66 bits per heavy atom. The Kier molecular flexibility index (Phi) is 6.55. The van der Waals surface area contributed by atoms with E-state index in [9.17, 15) is 9.59 Å². The number of rotatable bonds is 6. The number of benzene rings is 3. The minimum absolute atomic E-state index is 0.00317. The van der Waals surface area contributed by atoms with Gasteiger partial charge in [-0.2, -0.15) is 0 Å². The van der Waals surface area contributed by atoms with E-state index in [0.29, 0.717) is 30.2 Å². The quantitative estimate of drug-likeness (QED) is 0.566. The summed E-state index contributed by atoms with van der Waals surface area (Å²) in [6.45, 7) is 2.02. The van der Waals surface area contributed by atoms with Crippen LogP contribution in [0.25, 0.3) is 0 Å². The number of nitrogens with one attached hydrogen (secondary N) is 2.